The molecule has 0 unspecified atom stereocenters. The Morgan fingerprint density at radius 2 is 2.11 bits per heavy atom. The first-order valence-electron chi connectivity index (χ1n) is 7.84. The fourth-order valence-electron chi connectivity index (χ4n) is 2.78. The van der Waals surface area contributed by atoms with Crippen LogP contribution in [0.4, 0.5) is 10.1 Å². The third-order valence-corrected chi connectivity index (χ3v) is 5.90. The molecule has 4 nitrogen and oxygen atoms in total. The van der Waals surface area contributed by atoms with Gasteiger partial charge in [-0.1, -0.05) is 44.9 Å². The van der Waals surface area contributed by atoms with Crippen molar-refractivity contribution in [1.29, 1.82) is 0 Å². The number of fused-ring (bicyclic) bond motifs is 1. The predicted molar refractivity (Wildman–Crippen MR) is 111 cm³/mol. The highest BCUT2D eigenvalue weighted by Gasteiger charge is 2.18. The highest BCUT2D eigenvalue weighted by molar-refractivity contribution is 9.10. The van der Waals surface area contributed by atoms with Gasteiger partial charge in [0.2, 0.25) is 5.88 Å². The second kappa shape index (κ2) is 7.07. The number of hydrogen-bond donors (Lipinski definition) is 1. The van der Waals surface area contributed by atoms with Crippen molar-refractivity contribution < 1.29 is 9.50 Å². The van der Waals surface area contributed by atoms with E-state index in [9.17, 15) is 14.3 Å². The van der Waals surface area contributed by atoms with Gasteiger partial charge in [0.1, 0.15) is 5.82 Å². The summed E-state index contributed by atoms with van der Waals surface area (Å²) in [5, 5.41) is 10.7. The summed E-state index contributed by atoms with van der Waals surface area (Å²) in [5.41, 5.74) is 3.09. The molecule has 0 radical (unpaired) electrons. The molecule has 0 saturated heterocycles. The summed E-state index contributed by atoms with van der Waals surface area (Å²) < 4.78 is 15.3. The van der Waals surface area contributed by atoms with Gasteiger partial charge in [-0.25, -0.2) is 4.39 Å². The molecule has 0 fully saturated rings. The average molecular weight is 466 g/mol. The van der Waals surface area contributed by atoms with Gasteiger partial charge >= 0.3 is 4.87 Å². The van der Waals surface area contributed by atoms with E-state index in [1.54, 1.807) is 12.3 Å². The molecule has 27 heavy (non-hydrogen) atoms. The lowest BCUT2D eigenvalue weighted by Gasteiger charge is -2.06. The third-order valence-electron chi connectivity index (χ3n) is 4.14. The van der Waals surface area contributed by atoms with Crippen LogP contribution in [0.2, 0.25) is 5.02 Å². The quantitative estimate of drug-likeness (QED) is 0.557. The lowest BCUT2D eigenvalue weighted by Crippen LogP contribution is -2.13. The number of aliphatic imine (C=N–C) groups is 1. The van der Waals surface area contributed by atoms with Gasteiger partial charge in [0, 0.05) is 26.8 Å². The molecule has 0 saturated carbocycles. The van der Waals surface area contributed by atoms with Gasteiger partial charge in [0.05, 0.1) is 17.1 Å². The molecular formula is C19H11BrClFN2O2S. The van der Waals surface area contributed by atoms with E-state index in [1.165, 1.54) is 22.8 Å². The van der Waals surface area contributed by atoms with Crippen LogP contribution in [0.1, 0.15) is 16.0 Å². The first kappa shape index (κ1) is 18.2. The topological polar surface area (TPSA) is 54.6 Å². The van der Waals surface area contributed by atoms with Gasteiger partial charge < -0.3 is 5.11 Å². The number of benzene rings is 2. The van der Waals surface area contributed by atoms with Crippen LogP contribution in [0.25, 0.3) is 11.6 Å². The summed E-state index contributed by atoms with van der Waals surface area (Å²) >= 11 is 10.4. The number of nitrogens with zero attached hydrogens (tertiary/aromatic N) is 2. The van der Waals surface area contributed by atoms with E-state index in [-0.39, 0.29) is 22.3 Å². The molecule has 0 aliphatic carbocycles. The van der Waals surface area contributed by atoms with Gasteiger partial charge in [0.15, 0.2) is 0 Å². The lowest BCUT2D eigenvalue weighted by molar-refractivity contribution is 0.420. The first-order valence-corrected chi connectivity index (χ1v) is 9.83. The Balaban J connectivity index is 1.71. The molecule has 3 aromatic rings. The Labute approximate surface area is 171 Å². The molecule has 1 aromatic heterocycles. The van der Waals surface area contributed by atoms with Crippen LogP contribution in [0.3, 0.4) is 0 Å². The largest absolute Gasteiger partial charge is 0.493 e. The number of hydrogen-bond acceptors (Lipinski definition) is 4. The van der Waals surface area contributed by atoms with Gasteiger partial charge in [-0.05, 0) is 42.0 Å². The number of aromatic hydroxyl groups is 1. The molecule has 136 valence electrons. The summed E-state index contributed by atoms with van der Waals surface area (Å²) in [4.78, 5) is 16.8. The van der Waals surface area contributed by atoms with Gasteiger partial charge in [-0.15, -0.1) is 0 Å². The van der Waals surface area contributed by atoms with Crippen LogP contribution >= 0.6 is 38.9 Å². The maximum Gasteiger partial charge on any atom is 0.310 e. The van der Waals surface area contributed by atoms with Crippen LogP contribution in [0.15, 0.2) is 50.7 Å². The van der Waals surface area contributed by atoms with Gasteiger partial charge in [-0.2, -0.15) is 0 Å². The lowest BCUT2D eigenvalue weighted by atomic mass is 10.1. The number of halogens is 3. The van der Waals surface area contributed by atoms with E-state index in [4.69, 9.17) is 11.6 Å². The maximum atomic E-state index is 13.2. The van der Waals surface area contributed by atoms with Crippen LogP contribution in [0, 0.1) is 5.82 Å². The van der Waals surface area contributed by atoms with E-state index in [0.717, 1.165) is 32.6 Å². The second-order valence-corrected chi connectivity index (χ2v) is 8.21. The zero-order chi connectivity index (χ0) is 19.1. The SMILES string of the molecule is O=c1sc(/C=C2\C=Nc3ccc(Br)cc32)c(O)n1Cc1ccc(F)cc1Cl. The molecule has 0 spiro atoms. The monoisotopic (exact) mass is 464 g/mol. The van der Waals surface area contributed by atoms with Crippen molar-refractivity contribution >= 4 is 62.4 Å². The smallest absolute Gasteiger partial charge is 0.310 e. The molecular weight excluding hydrogens is 455 g/mol. The standard InChI is InChI=1S/C19H11BrClFN2O2S/c20-12-2-4-16-14(6-12)11(8-23-16)5-17-18(25)24(19(26)27-17)9-10-1-3-13(22)7-15(10)21/h1-8,25H,9H2/b11-5+. The third kappa shape index (κ3) is 3.50. The van der Waals surface area contributed by atoms with Crippen molar-refractivity contribution in [2.75, 3.05) is 0 Å². The van der Waals surface area contributed by atoms with E-state index < -0.39 is 5.82 Å². The average Bonchev–Trinajstić information content (AvgIpc) is 3.13. The molecule has 1 aliphatic heterocycles. The second-order valence-electron chi connectivity index (χ2n) is 5.90. The van der Waals surface area contributed by atoms with Crippen LogP contribution < -0.4 is 4.87 Å². The molecule has 2 aromatic carbocycles. The zero-order valence-electron chi connectivity index (χ0n) is 13.6. The summed E-state index contributed by atoms with van der Waals surface area (Å²) in [5.74, 6) is -0.615. The minimum absolute atomic E-state index is 0.0552. The Morgan fingerprint density at radius 3 is 2.89 bits per heavy atom. The van der Waals surface area contributed by atoms with Crippen molar-refractivity contribution in [3.63, 3.8) is 0 Å². The number of rotatable bonds is 3. The molecule has 0 bridgehead atoms. The summed E-state index contributed by atoms with van der Waals surface area (Å²) in [7, 11) is 0. The number of thiazole rings is 1. The molecule has 1 aliphatic rings. The van der Waals surface area contributed by atoms with E-state index in [0.29, 0.717) is 10.4 Å². The normalized spacial score (nSPS) is 14.1. The van der Waals surface area contributed by atoms with Crippen LogP contribution in [0.5, 0.6) is 5.88 Å². The molecule has 4 rings (SSSR count). The summed E-state index contributed by atoms with van der Waals surface area (Å²) in [6.07, 6.45) is 3.42. The van der Waals surface area contributed by atoms with E-state index in [2.05, 4.69) is 20.9 Å². The maximum absolute atomic E-state index is 13.2. The van der Waals surface area contributed by atoms with Crippen molar-refractivity contribution in [2.24, 2.45) is 4.99 Å². The molecule has 2 heterocycles. The minimum atomic E-state index is -0.457. The molecule has 8 heteroatoms. The van der Waals surface area contributed by atoms with Crippen molar-refractivity contribution in [3.8, 4) is 5.88 Å². The summed E-state index contributed by atoms with van der Waals surface area (Å²) in [6.45, 7) is 0.0552. The fraction of sp³-hybridized carbons (Fsp3) is 0.0526. The Hall–Kier alpha value is -2.22. The highest BCUT2D eigenvalue weighted by atomic mass is 79.9. The van der Waals surface area contributed by atoms with Crippen molar-refractivity contribution in [2.45, 2.75) is 6.54 Å². The first-order chi connectivity index (χ1) is 12.9. The van der Waals surface area contributed by atoms with Crippen molar-refractivity contribution in [1.82, 2.24) is 4.57 Å². The van der Waals surface area contributed by atoms with Crippen LogP contribution in [-0.2, 0) is 6.54 Å². The Bertz CT molecular complexity index is 1180. The van der Waals surface area contributed by atoms with Crippen LogP contribution in [-0.4, -0.2) is 15.9 Å². The van der Waals surface area contributed by atoms with Gasteiger partial charge in [-0.3, -0.25) is 14.4 Å². The minimum Gasteiger partial charge on any atom is -0.493 e. The number of allylic oxidation sites excluding steroid dienone is 1. The van der Waals surface area contributed by atoms with Crippen molar-refractivity contribution in [3.05, 3.63) is 77.4 Å². The molecule has 0 atom stereocenters. The summed E-state index contributed by atoms with van der Waals surface area (Å²) in [6, 6.07) is 9.67. The highest BCUT2D eigenvalue weighted by Crippen LogP contribution is 2.36. The number of aromatic nitrogens is 1. The Kier molecular flexibility index (Phi) is 4.75. The van der Waals surface area contributed by atoms with E-state index in [1.807, 2.05) is 18.2 Å². The zero-order valence-corrected chi connectivity index (χ0v) is 16.8. The fourth-order valence-corrected chi connectivity index (χ4v) is 4.21. The predicted octanol–water partition coefficient (Wildman–Crippen LogP) is 5.48. The molecule has 1 N–H and O–H groups in total. The Morgan fingerprint density at radius 1 is 1.30 bits per heavy atom. The molecule has 0 amide bonds. The van der Waals surface area contributed by atoms with E-state index >= 15 is 0 Å². The van der Waals surface area contributed by atoms with Gasteiger partial charge in [0.25, 0.3) is 0 Å².